The molecular weight excluding hydrogens is 278 g/mol. The summed E-state index contributed by atoms with van der Waals surface area (Å²) < 4.78 is 0. The molecule has 1 aliphatic carbocycles. The van der Waals surface area contributed by atoms with Crippen LogP contribution >= 0.6 is 11.3 Å². The minimum absolute atomic E-state index is 0.144. The van der Waals surface area contributed by atoms with Gasteiger partial charge in [-0.25, -0.2) is 0 Å². The Balaban J connectivity index is 2.19. The molecule has 4 heteroatoms. The van der Waals surface area contributed by atoms with Gasteiger partial charge in [0.1, 0.15) is 10.9 Å². The molecule has 1 fully saturated rings. The largest absolute Gasteiger partial charge is 0.396 e. The molecule has 3 nitrogen and oxygen atoms in total. The molecule has 0 aliphatic heterocycles. The van der Waals surface area contributed by atoms with Crippen LogP contribution in [0.4, 0.5) is 5.69 Å². The van der Waals surface area contributed by atoms with Gasteiger partial charge in [-0.05, 0) is 30.5 Å². The second-order valence-electron chi connectivity index (χ2n) is 6.02. The second kappa shape index (κ2) is 5.50. The SMILES string of the molecule is CC1(c2sc(C#N)c(N)c2-c2ccncc2)CCCCC1. The van der Waals surface area contributed by atoms with Crippen LogP contribution in [-0.4, -0.2) is 4.98 Å². The van der Waals surface area contributed by atoms with Gasteiger partial charge in [0.2, 0.25) is 0 Å². The van der Waals surface area contributed by atoms with E-state index >= 15 is 0 Å². The lowest BCUT2D eigenvalue weighted by Crippen LogP contribution is -2.24. The first-order valence-corrected chi connectivity index (χ1v) is 8.20. The van der Waals surface area contributed by atoms with E-state index in [1.54, 1.807) is 23.7 Å². The van der Waals surface area contributed by atoms with Crippen molar-refractivity contribution in [1.82, 2.24) is 4.98 Å². The molecule has 0 saturated heterocycles. The first-order chi connectivity index (χ1) is 10.2. The number of anilines is 1. The van der Waals surface area contributed by atoms with Crippen LogP contribution in [0.25, 0.3) is 11.1 Å². The van der Waals surface area contributed by atoms with Crippen LogP contribution in [0.15, 0.2) is 24.5 Å². The third-order valence-electron chi connectivity index (χ3n) is 4.52. The van der Waals surface area contributed by atoms with Crippen molar-refractivity contribution >= 4 is 17.0 Å². The molecule has 0 unspecified atom stereocenters. The smallest absolute Gasteiger partial charge is 0.128 e. The minimum Gasteiger partial charge on any atom is -0.396 e. The maximum atomic E-state index is 9.35. The molecule has 2 aromatic rings. The highest BCUT2D eigenvalue weighted by atomic mass is 32.1. The van der Waals surface area contributed by atoms with Gasteiger partial charge >= 0.3 is 0 Å². The number of nitrogens with two attached hydrogens (primary N) is 1. The van der Waals surface area contributed by atoms with E-state index in [4.69, 9.17) is 5.73 Å². The van der Waals surface area contributed by atoms with Gasteiger partial charge in [0.05, 0.1) is 5.69 Å². The lowest BCUT2D eigenvalue weighted by Gasteiger charge is -2.33. The number of pyridine rings is 1. The molecule has 108 valence electrons. The monoisotopic (exact) mass is 297 g/mol. The van der Waals surface area contributed by atoms with Gasteiger partial charge in [-0.3, -0.25) is 4.98 Å². The van der Waals surface area contributed by atoms with Crippen molar-refractivity contribution in [2.24, 2.45) is 0 Å². The van der Waals surface area contributed by atoms with E-state index in [9.17, 15) is 5.26 Å². The fraction of sp³-hybridized carbons (Fsp3) is 0.412. The summed E-state index contributed by atoms with van der Waals surface area (Å²) in [6.07, 6.45) is 9.74. The molecule has 0 bridgehead atoms. The Labute approximate surface area is 129 Å². The molecule has 2 heterocycles. The highest BCUT2D eigenvalue weighted by Crippen LogP contribution is 2.49. The van der Waals surface area contributed by atoms with E-state index in [2.05, 4.69) is 18.0 Å². The summed E-state index contributed by atoms with van der Waals surface area (Å²) in [5.41, 5.74) is 9.19. The van der Waals surface area contributed by atoms with E-state index in [-0.39, 0.29) is 5.41 Å². The van der Waals surface area contributed by atoms with Gasteiger partial charge < -0.3 is 5.73 Å². The Bertz CT molecular complexity index is 676. The number of rotatable bonds is 2. The second-order valence-corrected chi connectivity index (χ2v) is 7.04. The fourth-order valence-electron chi connectivity index (χ4n) is 3.32. The lowest BCUT2D eigenvalue weighted by atomic mass is 9.73. The Morgan fingerprint density at radius 2 is 1.90 bits per heavy atom. The van der Waals surface area contributed by atoms with Gasteiger partial charge in [-0.15, -0.1) is 11.3 Å². The Morgan fingerprint density at radius 3 is 2.52 bits per heavy atom. The van der Waals surface area contributed by atoms with Crippen LogP contribution in [0, 0.1) is 11.3 Å². The van der Waals surface area contributed by atoms with E-state index < -0.39 is 0 Å². The van der Waals surface area contributed by atoms with Crippen molar-refractivity contribution in [1.29, 1.82) is 5.26 Å². The summed E-state index contributed by atoms with van der Waals surface area (Å²) >= 11 is 1.58. The van der Waals surface area contributed by atoms with Crippen LogP contribution in [0.1, 0.15) is 48.8 Å². The third-order valence-corrected chi connectivity index (χ3v) is 5.94. The highest BCUT2D eigenvalue weighted by Gasteiger charge is 2.34. The van der Waals surface area contributed by atoms with E-state index in [0.717, 1.165) is 11.1 Å². The maximum Gasteiger partial charge on any atom is 0.128 e. The zero-order valence-corrected chi connectivity index (χ0v) is 13.0. The predicted molar refractivity (Wildman–Crippen MR) is 87.1 cm³/mol. The van der Waals surface area contributed by atoms with Crippen molar-refractivity contribution in [2.75, 3.05) is 5.73 Å². The highest BCUT2D eigenvalue weighted by molar-refractivity contribution is 7.14. The topological polar surface area (TPSA) is 62.7 Å². The Morgan fingerprint density at radius 1 is 1.24 bits per heavy atom. The Kier molecular flexibility index (Phi) is 3.69. The lowest BCUT2D eigenvalue weighted by molar-refractivity contribution is 0.326. The number of hydrogen-bond acceptors (Lipinski definition) is 4. The van der Waals surface area contributed by atoms with Crippen LogP contribution in [0.2, 0.25) is 0 Å². The van der Waals surface area contributed by atoms with Crippen LogP contribution in [0.5, 0.6) is 0 Å². The molecule has 21 heavy (non-hydrogen) atoms. The first kappa shape index (κ1) is 14.1. The summed E-state index contributed by atoms with van der Waals surface area (Å²) in [5.74, 6) is 0. The van der Waals surface area contributed by atoms with Crippen LogP contribution in [0.3, 0.4) is 0 Å². The molecule has 0 spiro atoms. The molecule has 0 radical (unpaired) electrons. The van der Waals surface area contributed by atoms with Crippen molar-refractivity contribution in [3.8, 4) is 17.2 Å². The van der Waals surface area contributed by atoms with Crippen LogP contribution < -0.4 is 5.73 Å². The number of nitrogens with zero attached hydrogens (tertiary/aromatic N) is 2. The number of hydrogen-bond donors (Lipinski definition) is 1. The van der Waals surface area contributed by atoms with Gasteiger partial charge in [0.25, 0.3) is 0 Å². The summed E-state index contributed by atoms with van der Waals surface area (Å²) in [7, 11) is 0. The number of nitrogen functional groups attached to an aromatic ring is 1. The minimum atomic E-state index is 0.144. The number of nitriles is 1. The first-order valence-electron chi connectivity index (χ1n) is 7.39. The summed E-state index contributed by atoms with van der Waals surface area (Å²) in [4.78, 5) is 6.01. The molecule has 0 amide bonds. The number of aromatic nitrogens is 1. The van der Waals surface area contributed by atoms with Gasteiger partial charge in [-0.2, -0.15) is 5.26 Å². The van der Waals surface area contributed by atoms with E-state index in [1.165, 1.54) is 37.0 Å². The maximum absolute atomic E-state index is 9.35. The molecular formula is C17H19N3S. The molecule has 0 atom stereocenters. The van der Waals surface area contributed by atoms with E-state index in [0.29, 0.717) is 10.6 Å². The zero-order chi connectivity index (χ0) is 14.9. The fourth-order valence-corrected chi connectivity index (χ4v) is 4.56. The van der Waals surface area contributed by atoms with Crippen molar-refractivity contribution in [3.63, 3.8) is 0 Å². The molecule has 1 saturated carbocycles. The van der Waals surface area contributed by atoms with Crippen molar-refractivity contribution in [3.05, 3.63) is 34.3 Å². The summed E-state index contributed by atoms with van der Waals surface area (Å²) in [6.45, 7) is 2.32. The van der Waals surface area contributed by atoms with E-state index in [1.807, 2.05) is 12.1 Å². The summed E-state index contributed by atoms with van der Waals surface area (Å²) in [6, 6.07) is 6.22. The van der Waals surface area contributed by atoms with Crippen molar-refractivity contribution in [2.45, 2.75) is 44.4 Å². The van der Waals surface area contributed by atoms with Gasteiger partial charge in [-0.1, -0.05) is 26.2 Å². The standard InChI is InChI=1S/C17H19N3S/c1-17(7-3-2-4-8-17)16-14(12-5-9-20-10-6-12)15(19)13(11-18)21-16/h5-6,9-10H,2-4,7-8,19H2,1H3. The van der Waals surface area contributed by atoms with Gasteiger partial charge in [0.15, 0.2) is 0 Å². The molecule has 0 aromatic carbocycles. The zero-order valence-electron chi connectivity index (χ0n) is 12.2. The van der Waals surface area contributed by atoms with Gasteiger partial charge in [0, 0.05) is 28.2 Å². The Hall–Kier alpha value is -1.86. The molecule has 1 aliphatic rings. The third kappa shape index (κ3) is 2.43. The molecule has 2 N–H and O–H groups in total. The normalized spacial score (nSPS) is 17.3. The molecule has 2 aromatic heterocycles. The van der Waals surface area contributed by atoms with Crippen LogP contribution in [-0.2, 0) is 5.41 Å². The quantitative estimate of drug-likeness (QED) is 0.888. The average Bonchev–Trinajstić information content (AvgIpc) is 2.86. The van der Waals surface area contributed by atoms with Crippen molar-refractivity contribution < 1.29 is 0 Å². The number of thiophene rings is 1. The molecule has 3 rings (SSSR count). The predicted octanol–water partition coefficient (Wildman–Crippen LogP) is 4.49. The average molecular weight is 297 g/mol. The summed E-state index contributed by atoms with van der Waals surface area (Å²) in [5, 5.41) is 9.35.